The molecule has 2 aromatic carbocycles. The molecule has 1 unspecified atom stereocenters. The summed E-state index contributed by atoms with van der Waals surface area (Å²) in [5.74, 6) is 0. The van der Waals surface area contributed by atoms with Crippen LogP contribution in [0.5, 0.6) is 0 Å². The number of hydrogen-bond donors (Lipinski definition) is 2. The van der Waals surface area contributed by atoms with Crippen molar-refractivity contribution in [1.29, 1.82) is 0 Å². The van der Waals surface area contributed by atoms with Gasteiger partial charge in [-0.3, -0.25) is 13.6 Å². The van der Waals surface area contributed by atoms with Crippen LogP contribution < -0.4 is 0 Å². The molecule has 3 rings (SSSR count). The van der Waals surface area contributed by atoms with E-state index >= 15 is 0 Å². The minimum Gasteiger partial charge on any atom is -0.385 e. The summed E-state index contributed by atoms with van der Waals surface area (Å²) < 4.78 is 40.0. The molecule has 4 atom stereocenters. The van der Waals surface area contributed by atoms with Gasteiger partial charge in [-0.15, -0.1) is 0 Å². The Kier molecular flexibility index (Phi) is 7.94. The second kappa shape index (κ2) is 10.4. The minimum atomic E-state index is -3.98. The van der Waals surface area contributed by atoms with E-state index < -0.39 is 32.4 Å². The number of benzene rings is 2. The van der Waals surface area contributed by atoms with E-state index in [0.29, 0.717) is 0 Å². The van der Waals surface area contributed by atoms with Gasteiger partial charge in [0, 0.05) is 7.11 Å². The summed E-state index contributed by atoms with van der Waals surface area (Å²) in [4.78, 5) is 0. The quantitative estimate of drug-likeness (QED) is 0.561. The predicted octanol–water partition coefficient (Wildman–Crippen LogP) is 2.64. The van der Waals surface area contributed by atoms with Crippen molar-refractivity contribution in [1.82, 2.24) is 0 Å². The van der Waals surface area contributed by atoms with Crippen molar-refractivity contribution in [2.45, 2.75) is 37.8 Å². The topological polar surface area (TPSA) is 104 Å². The molecule has 1 aliphatic rings. The summed E-state index contributed by atoms with van der Waals surface area (Å²) in [5, 5.41) is 19.5. The van der Waals surface area contributed by atoms with Crippen molar-refractivity contribution in [3.63, 3.8) is 0 Å². The van der Waals surface area contributed by atoms with E-state index in [1.807, 2.05) is 60.7 Å². The summed E-state index contributed by atoms with van der Waals surface area (Å²) in [6.07, 6.45) is -4.31. The van der Waals surface area contributed by atoms with Crippen LogP contribution in [0.2, 0.25) is 0 Å². The number of methoxy groups -OCH3 is 1. The lowest BCUT2D eigenvalue weighted by atomic mass is 10.1. The third kappa shape index (κ3) is 6.18. The van der Waals surface area contributed by atoms with Gasteiger partial charge in [-0.25, -0.2) is 4.57 Å². The first-order valence-electron chi connectivity index (χ1n) is 9.16. The zero-order valence-corrected chi connectivity index (χ0v) is 16.9. The van der Waals surface area contributed by atoms with Crippen LogP contribution in [0, 0.1) is 0 Å². The molecule has 1 fully saturated rings. The molecule has 2 aromatic rings. The first-order valence-corrected chi connectivity index (χ1v) is 10.6. The largest absolute Gasteiger partial charge is 0.475 e. The first kappa shape index (κ1) is 22.1. The van der Waals surface area contributed by atoms with E-state index in [4.69, 9.17) is 23.0 Å². The molecule has 9 heteroatoms. The van der Waals surface area contributed by atoms with Gasteiger partial charge in [0.25, 0.3) is 0 Å². The van der Waals surface area contributed by atoms with E-state index in [1.54, 1.807) is 0 Å². The van der Waals surface area contributed by atoms with Crippen LogP contribution in [0.25, 0.3) is 0 Å². The Morgan fingerprint density at radius 3 is 1.90 bits per heavy atom. The second-order valence-corrected chi connectivity index (χ2v) is 8.19. The molecule has 29 heavy (non-hydrogen) atoms. The molecule has 0 spiro atoms. The zero-order chi connectivity index (χ0) is 20.7. The Hall–Kier alpha value is -1.61. The normalized spacial score (nSPS) is 24.7. The highest BCUT2D eigenvalue weighted by Crippen LogP contribution is 2.51. The van der Waals surface area contributed by atoms with E-state index in [9.17, 15) is 14.8 Å². The fourth-order valence-electron chi connectivity index (χ4n) is 2.88. The highest BCUT2D eigenvalue weighted by atomic mass is 31.2. The van der Waals surface area contributed by atoms with Crippen molar-refractivity contribution in [2.24, 2.45) is 0 Å². The summed E-state index contributed by atoms with van der Waals surface area (Å²) in [6, 6.07) is 18.4. The van der Waals surface area contributed by atoms with Crippen LogP contribution >= 0.6 is 7.82 Å². The zero-order valence-electron chi connectivity index (χ0n) is 16.0. The predicted molar refractivity (Wildman–Crippen MR) is 104 cm³/mol. The third-order valence-corrected chi connectivity index (χ3v) is 5.80. The molecule has 8 nitrogen and oxygen atoms in total. The highest BCUT2D eigenvalue weighted by molar-refractivity contribution is 7.48. The molecule has 0 aromatic heterocycles. The molecule has 0 bridgehead atoms. The Bertz CT molecular complexity index is 740. The third-order valence-electron chi connectivity index (χ3n) is 4.44. The maximum absolute atomic E-state index is 13.2. The molecule has 2 N–H and O–H groups in total. The van der Waals surface area contributed by atoms with E-state index in [-0.39, 0.29) is 19.8 Å². The van der Waals surface area contributed by atoms with Gasteiger partial charge in [0.15, 0.2) is 6.29 Å². The number of phosphoric ester groups is 1. The smallest absolute Gasteiger partial charge is 0.385 e. The van der Waals surface area contributed by atoms with Crippen LogP contribution in [0.1, 0.15) is 11.1 Å². The molecule has 1 heterocycles. The van der Waals surface area contributed by atoms with Gasteiger partial charge in [0.05, 0.1) is 19.8 Å². The maximum Gasteiger partial charge on any atom is 0.475 e. The monoisotopic (exact) mass is 424 g/mol. The van der Waals surface area contributed by atoms with Crippen LogP contribution in [0.4, 0.5) is 0 Å². The molecule has 0 saturated carbocycles. The van der Waals surface area contributed by atoms with Crippen molar-refractivity contribution in [2.75, 3.05) is 13.7 Å². The number of aliphatic hydroxyl groups excluding tert-OH is 2. The van der Waals surface area contributed by atoms with E-state index in [0.717, 1.165) is 11.1 Å². The van der Waals surface area contributed by atoms with Gasteiger partial charge >= 0.3 is 7.82 Å². The number of rotatable bonds is 10. The molecule has 0 amide bonds. The molecular weight excluding hydrogens is 399 g/mol. The SMILES string of the molecule is CO[C@@H]1[C@@H](COP(=O)(OCc2ccccc2)OCc2ccccc2)OC(O)[C@@H]1O. The van der Waals surface area contributed by atoms with Gasteiger partial charge < -0.3 is 19.7 Å². The summed E-state index contributed by atoms with van der Waals surface area (Å²) in [7, 11) is -2.60. The van der Waals surface area contributed by atoms with Gasteiger partial charge in [-0.1, -0.05) is 60.7 Å². The Balaban J connectivity index is 1.65. The number of hydrogen-bond acceptors (Lipinski definition) is 8. The number of phosphoric acid groups is 1. The highest BCUT2D eigenvalue weighted by Gasteiger charge is 2.44. The molecule has 158 valence electrons. The molecule has 0 aliphatic carbocycles. The maximum atomic E-state index is 13.2. The van der Waals surface area contributed by atoms with Crippen LogP contribution in [-0.2, 0) is 40.8 Å². The van der Waals surface area contributed by atoms with Crippen molar-refractivity contribution < 1.29 is 37.8 Å². The summed E-state index contributed by atoms with van der Waals surface area (Å²) >= 11 is 0. The number of aliphatic hydroxyl groups is 2. The van der Waals surface area contributed by atoms with E-state index in [2.05, 4.69) is 0 Å². The Labute approximate surface area is 169 Å². The molecular formula is C20H25O8P. The second-order valence-electron chi connectivity index (χ2n) is 6.52. The Morgan fingerprint density at radius 1 is 0.897 bits per heavy atom. The van der Waals surface area contributed by atoms with Crippen molar-refractivity contribution in [3.8, 4) is 0 Å². The fraction of sp³-hybridized carbons (Fsp3) is 0.400. The lowest BCUT2D eigenvalue weighted by molar-refractivity contribution is -0.132. The Morgan fingerprint density at radius 2 is 1.41 bits per heavy atom. The fourth-order valence-corrected chi connectivity index (χ4v) is 4.04. The van der Waals surface area contributed by atoms with Gasteiger partial charge in [0.1, 0.15) is 18.3 Å². The molecule has 0 radical (unpaired) electrons. The average Bonchev–Trinajstić information content (AvgIpc) is 3.04. The standard InChI is InChI=1S/C20H25O8P/c1-24-19-17(28-20(22)18(19)21)14-27-29(23,25-12-15-8-4-2-5-9-15)26-13-16-10-6-3-7-11-16/h2-11,17-22H,12-14H2,1H3/t17-,18-,19-,20?/m1/s1. The lowest BCUT2D eigenvalue weighted by Crippen LogP contribution is -2.36. The summed E-state index contributed by atoms with van der Waals surface area (Å²) in [5.41, 5.74) is 1.61. The van der Waals surface area contributed by atoms with Gasteiger partial charge in [-0.2, -0.15) is 0 Å². The molecule has 1 saturated heterocycles. The van der Waals surface area contributed by atoms with Crippen molar-refractivity contribution in [3.05, 3.63) is 71.8 Å². The average molecular weight is 424 g/mol. The lowest BCUT2D eigenvalue weighted by Gasteiger charge is -2.22. The first-order chi connectivity index (χ1) is 14.0. The van der Waals surface area contributed by atoms with Crippen LogP contribution in [-0.4, -0.2) is 48.5 Å². The number of ether oxygens (including phenoxy) is 2. The van der Waals surface area contributed by atoms with Gasteiger partial charge in [-0.05, 0) is 11.1 Å². The van der Waals surface area contributed by atoms with E-state index in [1.165, 1.54) is 7.11 Å². The van der Waals surface area contributed by atoms with Gasteiger partial charge in [0.2, 0.25) is 0 Å². The van der Waals surface area contributed by atoms with Crippen LogP contribution in [0.15, 0.2) is 60.7 Å². The summed E-state index contributed by atoms with van der Waals surface area (Å²) in [6.45, 7) is -0.206. The molecule has 1 aliphatic heterocycles. The minimum absolute atomic E-state index is 0.0252. The van der Waals surface area contributed by atoms with Crippen LogP contribution in [0.3, 0.4) is 0 Å². The van der Waals surface area contributed by atoms with Crippen molar-refractivity contribution >= 4 is 7.82 Å².